The molecule has 2 aliphatic heterocycles. The summed E-state index contributed by atoms with van der Waals surface area (Å²) in [6, 6.07) is 1.90. The fourth-order valence-electron chi connectivity index (χ4n) is 2.58. The molecule has 1 nitrogen and oxygen atoms in total. The molecule has 1 heteroatoms. The molecule has 2 aliphatic rings. The Labute approximate surface area is 63.4 Å². The maximum atomic E-state index is 2.62. The molecule has 0 aliphatic carbocycles. The summed E-state index contributed by atoms with van der Waals surface area (Å²) in [4.78, 5) is 2.62. The number of hydrogen-bond donors (Lipinski definition) is 0. The molecule has 0 atom stereocenters. The largest absolute Gasteiger partial charge is 0.300 e. The van der Waals surface area contributed by atoms with Crippen LogP contribution in [0.2, 0.25) is 0 Å². The third kappa shape index (κ3) is 0.968. The van der Waals surface area contributed by atoms with Crippen molar-refractivity contribution in [1.82, 2.24) is 4.90 Å². The van der Waals surface area contributed by atoms with Gasteiger partial charge in [0.25, 0.3) is 0 Å². The molecule has 0 spiro atoms. The lowest BCUT2D eigenvalue weighted by Gasteiger charge is -2.43. The molecule has 2 rings (SSSR count). The molecule has 2 saturated heterocycles. The Hall–Kier alpha value is -0.0400. The van der Waals surface area contributed by atoms with E-state index in [0.29, 0.717) is 0 Å². The monoisotopic (exact) mass is 139 g/mol. The van der Waals surface area contributed by atoms with Crippen LogP contribution in [-0.2, 0) is 0 Å². The normalized spacial score (nSPS) is 41.7. The van der Waals surface area contributed by atoms with Gasteiger partial charge in [-0.25, -0.2) is 0 Å². The molecule has 2 bridgehead atoms. The second-order valence-electron chi connectivity index (χ2n) is 3.83. The van der Waals surface area contributed by atoms with Gasteiger partial charge in [0, 0.05) is 12.1 Å². The molecule has 2 heterocycles. The molecule has 0 amide bonds. The van der Waals surface area contributed by atoms with Crippen molar-refractivity contribution in [3.63, 3.8) is 0 Å². The average molecular weight is 139 g/mol. The van der Waals surface area contributed by atoms with Crippen LogP contribution in [-0.4, -0.2) is 24.0 Å². The van der Waals surface area contributed by atoms with Gasteiger partial charge in [0.1, 0.15) is 0 Å². The van der Waals surface area contributed by atoms with Gasteiger partial charge in [-0.1, -0.05) is 12.8 Å². The number of nitrogens with zero attached hydrogens (tertiary/aromatic N) is 1. The van der Waals surface area contributed by atoms with Crippen molar-refractivity contribution in [1.29, 1.82) is 0 Å². The standard InChI is InChI=1S/C9H17N/c1-10-8-4-2-5-9(10)7-3-6-8/h8-9H,2-7H2,1H3. The minimum absolute atomic E-state index is 0.951. The number of fused-ring (bicyclic) bond motifs is 2. The van der Waals surface area contributed by atoms with Crippen LogP contribution >= 0.6 is 0 Å². The molecule has 2 fully saturated rings. The molecule has 58 valence electrons. The summed E-state index contributed by atoms with van der Waals surface area (Å²) in [5.41, 5.74) is 0. The number of rotatable bonds is 0. The zero-order chi connectivity index (χ0) is 6.97. The second kappa shape index (κ2) is 2.54. The van der Waals surface area contributed by atoms with E-state index < -0.39 is 0 Å². The molecule has 0 aromatic carbocycles. The Bertz CT molecular complexity index is 99.9. The summed E-state index contributed by atoms with van der Waals surface area (Å²) in [5, 5.41) is 0. The zero-order valence-corrected chi connectivity index (χ0v) is 6.84. The van der Waals surface area contributed by atoms with E-state index in [2.05, 4.69) is 11.9 Å². The van der Waals surface area contributed by atoms with E-state index >= 15 is 0 Å². The van der Waals surface area contributed by atoms with Gasteiger partial charge in [-0.2, -0.15) is 0 Å². The van der Waals surface area contributed by atoms with Gasteiger partial charge in [0.2, 0.25) is 0 Å². The van der Waals surface area contributed by atoms with Crippen molar-refractivity contribution in [2.45, 2.75) is 50.6 Å². The van der Waals surface area contributed by atoms with E-state index in [1.807, 2.05) is 0 Å². The van der Waals surface area contributed by atoms with Gasteiger partial charge in [-0.05, 0) is 32.7 Å². The van der Waals surface area contributed by atoms with Gasteiger partial charge < -0.3 is 4.90 Å². The predicted molar refractivity (Wildman–Crippen MR) is 43.0 cm³/mol. The van der Waals surface area contributed by atoms with Gasteiger partial charge in [-0.3, -0.25) is 0 Å². The van der Waals surface area contributed by atoms with Crippen molar-refractivity contribution >= 4 is 0 Å². The summed E-state index contributed by atoms with van der Waals surface area (Å²) in [7, 11) is 2.31. The Morgan fingerprint density at radius 1 is 0.900 bits per heavy atom. The summed E-state index contributed by atoms with van der Waals surface area (Å²) in [6.45, 7) is 0. The van der Waals surface area contributed by atoms with Crippen molar-refractivity contribution < 1.29 is 0 Å². The highest BCUT2D eigenvalue weighted by Gasteiger charge is 2.30. The van der Waals surface area contributed by atoms with Gasteiger partial charge in [-0.15, -0.1) is 0 Å². The van der Waals surface area contributed by atoms with Crippen molar-refractivity contribution in [3.8, 4) is 0 Å². The molecule has 0 saturated carbocycles. The zero-order valence-electron chi connectivity index (χ0n) is 6.84. The molecular weight excluding hydrogens is 122 g/mol. The minimum atomic E-state index is 0.951. The third-order valence-electron chi connectivity index (χ3n) is 3.30. The molecule has 0 radical (unpaired) electrons. The Balaban J connectivity index is 2.05. The van der Waals surface area contributed by atoms with E-state index in [0.717, 1.165) is 12.1 Å². The SMILES string of the molecule is CN1C2CCCC1CCC2. The highest BCUT2D eigenvalue weighted by molar-refractivity contribution is 4.86. The van der Waals surface area contributed by atoms with E-state index in [9.17, 15) is 0 Å². The first-order valence-electron chi connectivity index (χ1n) is 4.60. The first kappa shape index (κ1) is 6.66. The Kier molecular flexibility index (Phi) is 1.69. The average Bonchev–Trinajstić information content (AvgIpc) is 1.86. The van der Waals surface area contributed by atoms with Gasteiger partial charge in [0.15, 0.2) is 0 Å². The molecule has 0 aromatic heterocycles. The number of hydrogen-bond acceptors (Lipinski definition) is 1. The highest BCUT2D eigenvalue weighted by Crippen LogP contribution is 2.31. The lowest BCUT2D eigenvalue weighted by Crippen LogP contribution is -2.46. The van der Waals surface area contributed by atoms with E-state index in [4.69, 9.17) is 0 Å². The first-order valence-corrected chi connectivity index (χ1v) is 4.60. The summed E-state index contributed by atoms with van der Waals surface area (Å²) in [5.74, 6) is 0. The van der Waals surface area contributed by atoms with Crippen molar-refractivity contribution in [3.05, 3.63) is 0 Å². The van der Waals surface area contributed by atoms with Crippen LogP contribution in [0.25, 0.3) is 0 Å². The molecule has 0 aromatic rings. The van der Waals surface area contributed by atoms with Crippen LogP contribution in [0.15, 0.2) is 0 Å². The third-order valence-corrected chi connectivity index (χ3v) is 3.30. The minimum Gasteiger partial charge on any atom is -0.300 e. The second-order valence-corrected chi connectivity index (χ2v) is 3.83. The quantitative estimate of drug-likeness (QED) is 0.496. The highest BCUT2D eigenvalue weighted by atomic mass is 15.2. The van der Waals surface area contributed by atoms with E-state index in [-0.39, 0.29) is 0 Å². The van der Waals surface area contributed by atoms with E-state index in [1.54, 1.807) is 0 Å². The molecule has 0 N–H and O–H groups in total. The Morgan fingerprint density at radius 2 is 1.30 bits per heavy atom. The van der Waals surface area contributed by atoms with Crippen molar-refractivity contribution in [2.24, 2.45) is 0 Å². The maximum Gasteiger partial charge on any atom is 0.00951 e. The summed E-state index contributed by atoms with van der Waals surface area (Å²) in [6.07, 6.45) is 8.83. The van der Waals surface area contributed by atoms with E-state index in [1.165, 1.54) is 38.5 Å². The summed E-state index contributed by atoms with van der Waals surface area (Å²) < 4.78 is 0. The van der Waals surface area contributed by atoms with Gasteiger partial charge in [0.05, 0.1) is 0 Å². The molecule has 0 unspecified atom stereocenters. The van der Waals surface area contributed by atoms with Crippen LogP contribution in [0.1, 0.15) is 38.5 Å². The smallest absolute Gasteiger partial charge is 0.00951 e. The molecular formula is C9H17N. The summed E-state index contributed by atoms with van der Waals surface area (Å²) >= 11 is 0. The fourth-order valence-corrected chi connectivity index (χ4v) is 2.58. The van der Waals surface area contributed by atoms with Crippen LogP contribution in [0.3, 0.4) is 0 Å². The predicted octanol–water partition coefficient (Wildman–Crippen LogP) is 2.02. The number of piperidine rings is 2. The topological polar surface area (TPSA) is 3.24 Å². The van der Waals surface area contributed by atoms with Crippen LogP contribution in [0.4, 0.5) is 0 Å². The fraction of sp³-hybridized carbons (Fsp3) is 1.00. The van der Waals surface area contributed by atoms with Crippen molar-refractivity contribution in [2.75, 3.05) is 7.05 Å². The maximum absolute atomic E-state index is 2.62. The molecule has 10 heavy (non-hydrogen) atoms. The lowest BCUT2D eigenvalue weighted by atomic mass is 9.85. The van der Waals surface area contributed by atoms with Crippen LogP contribution in [0, 0.1) is 0 Å². The Morgan fingerprint density at radius 3 is 1.60 bits per heavy atom. The van der Waals surface area contributed by atoms with Gasteiger partial charge >= 0.3 is 0 Å². The van der Waals surface area contributed by atoms with Crippen LogP contribution < -0.4 is 0 Å². The van der Waals surface area contributed by atoms with Crippen LogP contribution in [0.5, 0.6) is 0 Å². The first-order chi connectivity index (χ1) is 4.88. The lowest BCUT2D eigenvalue weighted by molar-refractivity contribution is 0.0673.